The van der Waals surface area contributed by atoms with Crippen molar-refractivity contribution in [3.8, 4) is 5.75 Å². The predicted molar refractivity (Wildman–Crippen MR) is 138 cm³/mol. The molecule has 0 spiro atoms. The lowest BCUT2D eigenvalue weighted by Gasteiger charge is -2.32. The maximum Gasteiger partial charge on any atom is 0.200 e. The molecule has 4 rings (SSSR count). The van der Waals surface area contributed by atoms with Crippen LogP contribution in [0.25, 0.3) is 6.08 Å². The maximum absolute atomic E-state index is 14.6. The smallest absolute Gasteiger partial charge is 0.200 e. The fraction of sp³-hybridized carbons (Fsp3) is 0.548. The van der Waals surface area contributed by atoms with Crippen molar-refractivity contribution in [2.45, 2.75) is 83.0 Å². The minimum Gasteiger partial charge on any atom is -0.491 e. The van der Waals surface area contributed by atoms with Crippen molar-refractivity contribution in [3.05, 3.63) is 70.8 Å². The van der Waals surface area contributed by atoms with Crippen molar-refractivity contribution in [1.82, 2.24) is 0 Å². The largest absolute Gasteiger partial charge is 0.491 e. The molecule has 35 heavy (non-hydrogen) atoms. The van der Waals surface area contributed by atoms with Gasteiger partial charge in [0.1, 0.15) is 6.67 Å². The first-order valence-corrected chi connectivity index (χ1v) is 13.5. The Balaban J connectivity index is 1.19. The number of ether oxygens (including phenoxy) is 1. The Kier molecular flexibility index (Phi) is 9.34. The van der Waals surface area contributed by atoms with Crippen molar-refractivity contribution >= 4 is 6.08 Å². The third kappa shape index (κ3) is 6.71. The Bertz CT molecular complexity index is 952. The molecular weight excluding hydrogens is 445 g/mol. The monoisotopic (exact) mass is 484 g/mol. The number of halogens is 3. The molecule has 0 N–H and O–H groups in total. The second-order valence-electron chi connectivity index (χ2n) is 10.4. The first-order valence-electron chi connectivity index (χ1n) is 13.5. The van der Waals surface area contributed by atoms with Gasteiger partial charge in [-0.2, -0.15) is 4.39 Å². The van der Waals surface area contributed by atoms with Crippen molar-refractivity contribution in [2.24, 2.45) is 11.8 Å². The summed E-state index contributed by atoms with van der Waals surface area (Å²) in [5.41, 5.74) is 3.00. The minimum absolute atomic E-state index is 0.0138. The van der Waals surface area contributed by atoms with Gasteiger partial charge < -0.3 is 4.74 Å². The Morgan fingerprint density at radius 1 is 0.771 bits per heavy atom. The van der Waals surface area contributed by atoms with Gasteiger partial charge in [-0.15, -0.1) is 0 Å². The third-order valence-corrected chi connectivity index (χ3v) is 8.30. The lowest BCUT2D eigenvalue weighted by atomic mass is 9.73. The van der Waals surface area contributed by atoms with Crippen LogP contribution in [0.4, 0.5) is 13.2 Å². The van der Waals surface area contributed by atoms with Crippen LogP contribution in [-0.2, 0) is 0 Å². The third-order valence-electron chi connectivity index (χ3n) is 8.30. The molecule has 0 bridgehead atoms. The van der Waals surface area contributed by atoms with Gasteiger partial charge in [0.25, 0.3) is 0 Å². The lowest BCUT2D eigenvalue weighted by molar-refractivity contribution is 0.250. The zero-order chi connectivity index (χ0) is 24.6. The van der Waals surface area contributed by atoms with E-state index in [0.29, 0.717) is 24.0 Å². The lowest BCUT2D eigenvalue weighted by Crippen LogP contribution is -2.18. The van der Waals surface area contributed by atoms with Crippen LogP contribution >= 0.6 is 0 Å². The van der Waals surface area contributed by atoms with Gasteiger partial charge >= 0.3 is 0 Å². The summed E-state index contributed by atoms with van der Waals surface area (Å²) in [5, 5.41) is 0. The zero-order valence-electron chi connectivity index (χ0n) is 21.0. The summed E-state index contributed by atoms with van der Waals surface area (Å²) in [6, 6.07) is 11.9. The van der Waals surface area contributed by atoms with Crippen molar-refractivity contribution in [2.75, 3.05) is 13.3 Å². The van der Waals surface area contributed by atoms with Gasteiger partial charge in [-0.1, -0.05) is 55.3 Å². The van der Waals surface area contributed by atoms with Crippen LogP contribution in [0.1, 0.15) is 99.7 Å². The first kappa shape index (κ1) is 25.9. The van der Waals surface area contributed by atoms with E-state index in [0.717, 1.165) is 37.2 Å². The Hall–Kier alpha value is -2.23. The number of rotatable bonds is 9. The fourth-order valence-electron chi connectivity index (χ4n) is 6.21. The molecular formula is C31H39F3O. The van der Waals surface area contributed by atoms with Crippen LogP contribution < -0.4 is 4.74 Å². The number of hydrogen-bond donors (Lipinski definition) is 0. The summed E-state index contributed by atoms with van der Waals surface area (Å²) in [4.78, 5) is 0. The first-order chi connectivity index (χ1) is 17.1. The highest BCUT2D eigenvalue weighted by molar-refractivity contribution is 5.50. The van der Waals surface area contributed by atoms with E-state index in [4.69, 9.17) is 4.74 Å². The quantitative estimate of drug-likeness (QED) is 0.344. The fourth-order valence-corrected chi connectivity index (χ4v) is 6.21. The maximum atomic E-state index is 14.6. The summed E-state index contributed by atoms with van der Waals surface area (Å²) in [7, 11) is 0. The molecule has 1 nitrogen and oxygen atoms in total. The number of alkyl halides is 1. The number of benzene rings is 2. The van der Waals surface area contributed by atoms with E-state index in [-0.39, 0.29) is 11.7 Å². The van der Waals surface area contributed by atoms with Gasteiger partial charge in [0, 0.05) is 0 Å². The van der Waals surface area contributed by atoms with Gasteiger partial charge in [-0.25, -0.2) is 8.78 Å². The molecule has 0 amide bonds. The number of hydrogen-bond acceptors (Lipinski definition) is 1. The van der Waals surface area contributed by atoms with Crippen molar-refractivity contribution in [1.29, 1.82) is 0 Å². The highest BCUT2D eigenvalue weighted by Crippen LogP contribution is 2.42. The molecule has 0 radical (unpaired) electrons. The van der Waals surface area contributed by atoms with Crippen LogP contribution in [0.2, 0.25) is 0 Å². The second-order valence-corrected chi connectivity index (χ2v) is 10.4. The molecule has 2 fully saturated rings. The molecule has 0 unspecified atom stereocenters. The van der Waals surface area contributed by atoms with Crippen molar-refractivity contribution < 1.29 is 17.9 Å². The van der Waals surface area contributed by atoms with Crippen LogP contribution in [0.3, 0.4) is 0 Å². The van der Waals surface area contributed by atoms with E-state index in [9.17, 15) is 13.2 Å². The standard InChI is InChI=1S/C31H39F3O/c1-2-35-29-20-19-28(30(33)31(29)34)27-17-11-24(12-18-27)6-5-23-9-15-26(16-10-23)25-13-7-22(8-14-25)4-3-21-32/h3-4,7-8,13-14,19-20,23-24,26-27H,2,5-6,9-12,15-18,21H2,1H3. The van der Waals surface area contributed by atoms with E-state index >= 15 is 0 Å². The van der Waals surface area contributed by atoms with E-state index in [1.807, 2.05) is 6.08 Å². The van der Waals surface area contributed by atoms with Crippen LogP contribution in [-0.4, -0.2) is 13.3 Å². The van der Waals surface area contributed by atoms with E-state index in [1.54, 1.807) is 25.1 Å². The summed E-state index contributed by atoms with van der Waals surface area (Å²) in [6.45, 7) is 1.68. The molecule has 190 valence electrons. The zero-order valence-corrected chi connectivity index (χ0v) is 21.0. The van der Waals surface area contributed by atoms with E-state index in [2.05, 4.69) is 24.3 Å². The van der Waals surface area contributed by atoms with Gasteiger partial charge in [-0.3, -0.25) is 0 Å². The molecule has 2 aromatic carbocycles. The molecule has 2 aromatic rings. The molecule has 0 atom stereocenters. The highest BCUT2D eigenvalue weighted by Gasteiger charge is 2.28. The molecule has 2 aliphatic rings. The molecule has 4 heteroatoms. The van der Waals surface area contributed by atoms with Gasteiger partial charge in [0.2, 0.25) is 5.82 Å². The summed E-state index contributed by atoms with van der Waals surface area (Å²) in [5.74, 6) is 0.738. The van der Waals surface area contributed by atoms with Gasteiger partial charge in [0.05, 0.1) is 6.61 Å². The Morgan fingerprint density at radius 2 is 1.37 bits per heavy atom. The van der Waals surface area contributed by atoms with Gasteiger partial charge in [0.15, 0.2) is 11.6 Å². The van der Waals surface area contributed by atoms with Gasteiger partial charge in [-0.05, 0) is 105 Å². The molecule has 0 saturated heterocycles. The number of allylic oxidation sites excluding steroid dienone is 1. The summed E-state index contributed by atoms with van der Waals surface area (Å²) < 4.78 is 46.4. The molecule has 2 aliphatic carbocycles. The summed E-state index contributed by atoms with van der Waals surface area (Å²) >= 11 is 0. The summed E-state index contributed by atoms with van der Waals surface area (Å²) in [6.07, 6.45) is 15.1. The molecule has 0 aromatic heterocycles. The van der Waals surface area contributed by atoms with Crippen LogP contribution in [0.15, 0.2) is 42.5 Å². The topological polar surface area (TPSA) is 9.23 Å². The second kappa shape index (κ2) is 12.6. The predicted octanol–water partition coefficient (Wildman–Crippen LogP) is 9.37. The highest BCUT2D eigenvalue weighted by atomic mass is 19.2. The normalized spacial score (nSPS) is 25.1. The van der Waals surface area contributed by atoms with Crippen molar-refractivity contribution in [3.63, 3.8) is 0 Å². The minimum atomic E-state index is -0.841. The molecule has 2 saturated carbocycles. The molecule has 0 aliphatic heterocycles. The Labute approximate surface area is 208 Å². The van der Waals surface area contributed by atoms with Crippen LogP contribution in [0.5, 0.6) is 5.75 Å². The average Bonchev–Trinajstić information content (AvgIpc) is 2.90. The SMILES string of the molecule is CCOc1ccc(C2CCC(CCC3CCC(c4ccc(C=CCF)cc4)CC3)CC2)c(F)c1F. The van der Waals surface area contributed by atoms with E-state index < -0.39 is 18.3 Å². The van der Waals surface area contributed by atoms with E-state index in [1.165, 1.54) is 44.1 Å². The van der Waals surface area contributed by atoms with Crippen LogP contribution in [0, 0.1) is 23.5 Å². The average molecular weight is 485 g/mol. The Morgan fingerprint density at radius 3 is 1.94 bits per heavy atom. The molecule has 0 heterocycles.